The third-order valence-electron chi connectivity index (χ3n) is 4.35. The Kier molecular flexibility index (Phi) is 5.66. The minimum absolute atomic E-state index is 0.275. The van der Waals surface area contributed by atoms with Crippen LogP contribution in [0.4, 0.5) is 5.69 Å². The lowest BCUT2D eigenvalue weighted by Gasteiger charge is -2.32. The number of methoxy groups -OCH3 is 1. The topological polar surface area (TPSA) is 58.6 Å². The van der Waals surface area contributed by atoms with Crippen molar-refractivity contribution in [3.8, 4) is 5.75 Å². The van der Waals surface area contributed by atoms with E-state index in [-0.39, 0.29) is 6.04 Å². The lowest BCUT2D eigenvalue weighted by atomic mass is 10.1. The zero-order valence-electron chi connectivity index (χ0n) is 14.0. The van der Waals surface area contributed by atoms with Gasteiger partial charge < -0.3 is 10.1 Å². The molecule has 1 saturated heterocycles. The van der Waals surface area contributed by atoms with E-state index in [9.17, 15) is 8.42 Å². The molecule has 0 atom stereocenters. The summed E-state index contributed by atoms with van der Waals surface area (Å²) in [6.45, 7) is 1.03. The molecule has 1 aliphatic rings. The maximum absolute atomic E-state index is 12.8. The van der Waals surface area contributed by atoms with E-state index in [2.05, 4.69) is 21.2 Å². The molecule has 5 nitrogen and oxygen atoms in total. The van der Waals surface area contributed by atoms with Gasteiger partial charge in [0.15, 0.2) is 0 Å². The fourth-order valence-electron chi connectivity index (χ4n) is 2.95. The lowest BCUT2D eigenvalue weighted by molar-refractivity contribution is 0.329. The number of nitrogens with one attached hydrogen (secondary N) is 1. The van der Waals surface area contributed by atoms with Gasteiger partial charge in [-0.05, 0) is 55.3 Å². The smallest absolute Gasteiger partial charge is 0.243 e. The van der Waals surface area contributed by atoms with Gasteiger partial charge in [0.25, 0.3) is 0 Å². The molecule has 1 aliphatic heterocycles. The van der Waals surface area contributed by atoms with Crippen LogP contribution in [-0.2, 0) is 10.0 Å². The second-order valence-corrected chi connectivity index (χ2v) is 8.86. The Morgan fingerprint density at radius 1 is 1.12 bits per heavy atom. The molecule has 0 aromatic heterocycles. The molecule has 25 heavy (non-hydrogen) atoms. The molecular weight excluding hydrogens is 404 g/mol. The first-order valence-electron chi connectivity index (χ1n) is 8.15. The van der Waals surface area contributed by atoms with Crippen LogP contribution in [0, 0.1) is 0 Å². The molecular formula is C18H21BrN2O3S. The van der Waals surface area contributed by atoms with E-state index in [0.717, 1.165) is 23.0 Å². The van der Waals surface area contributed by atoms with E-state index in [1.165, 1.54) is 0 Å². The van der Waals surface area contributed by atoms with Crippen molar-refractivity contribution in [2.75, 3.05) is 25.5 Å². The largest absolute Gasteiger partial charge is 0.497 e. The molecule has 0 unspecified atom stereocenters. The fraction of sp³-hybridized carbons (Fsp3) is 0.333. The summed E-state index contributed by atoms with van der Waals surface area (Å²) in [5.74, 6) is 0.649. The predicted octanol–water partition coefficient (Wildman–Crippen LogP) is 3.72. The van der Waals surface area contributed by atoms with Gasteiger partial charge in [-0.15, -0.1) is 0 Å². The second kappa shape index (κ2) is 7.76. The third-order valence-corrected chi connectivity index (χ3v) is 6.75. The Hall–Kier alpha value is -1.57. The zero-order chi connectivity index (χ0) is 17.9. The van der Waals surface area contributed by atoms with Gasteiger partial charge >= 0.3 is 0 Å². The molecule has 0 bridgehead atoms. The quantitative estimate of drug-likeness (QED) is 0.794. The lowest BCUT2D eigenvalue weighted by Crippen LogP contribution is -2.42. The van der Waals surface area contributed by atoms with Gasteiger partial charge in [0, 0.05) is 29.3 Å². The van der Waals surface area contributed by atoms with E-state index in [1.54, 1.807) is 35.7 Å². The Morgan fingerprint density at radius 2 is 1.80 bits per heavy atom. The van der Waals surface area contributed by atoms with E-state index < -0.39 is 10.0 Å². The number of nitrogens with zero attached hydrogens (tertiary/aromatic N) is 1. The van der Waals surface area contributed by atoms with Crippen molar-refractivity contribution < 1.29 is 13.2 Å². The molecule has 1 N–H and O–H groups in total. The first kappa shape index (κ1) is 18.2. The Labute approximate surface area is 157 Å². The van der Waals surface area contributed by atoms with Gasteiger partial charge in [-0.1, -0.05) is 22.0 Å². The fourth-order valence-corrected chi connectivity index (χ4v) is 4.82. The van der Waals surface area contributed by atoms with Crippen LogP contribution >= 0.6 is 15.9 Å². The molecule has 3 rings (SSSR count). The first-order valence-corrected chi connectivity index (χ1v) is 10.4. The summed E-state index contributed by atoms with van der Waals surface area (Å²) in [5, 5.41) is 3.48. The van der Waals surface area contributed by atoms with Gasteiger partial charge in [-0.2, -0.15) is 4.31 Å². The number of rotatable bonds is 5. The summed E-state index contributed by atoms with van der Waals surface area (Å²) in [6, 6.07) is 14.8. The van der Waals surface area contributed by atoms with Gasteiger partial charge in [-0.3, -0.25) is 0 Å². The number of benzene rings is 2. The van der Waals surface area contributed by atoms with Crippen molar-refractivity contribution in [3.05, 3.63) is 53.0 Å². The summed E-state index contributed by atoms with van der Waals surface area (Å²) in [7, 11) is -1.89. The molecule has 0 spiro atoms. The molecule has 1 heterocycles. The average Bonchev–Trinajstić information content (AvgIpc) is 2.62. The number of sulfonamides is 1. The summed E-state index contributed by atoms with van der Waals surface area (Å²) in [6.07, 6.45) is 1.56. The van der Waals surface area contributed by atoms with Crippen LogP contribution in [0.25, 0.3) is 0 Å². The van der Waals surface area contributed by atoms with E-state index in [1.807, 2.05) is 24.3 Å². The van der Waals surface area contributed by atoms with Crippen LogP contribution < -0.4 is 10.1 Å². The van der Waals surface area contributed by atoms with Crippen LogP contribution in [-0.4, -0.2) is 39.0 Å². The number of piperidine rings is 1. The van der Waals surface area contributed by atoms with E-state index >= 15 is 0 Å². The van der Waals surface area contributed by atoms with Gasteiger partial charge in [0.2, 0.25) is 10.0 Å². The van der Waals surface area contributed by atoms with E-state index in [0.29, 0.717) is 23.7 Å². The van der Waals surface area contributed by atoms with Crippen molar-refractivity contribution in [2.45, 2.75) is 23.8 Å². The number of ether oxygens (including phenoxy) is 1. The highest BCUT2D eigenvalue weighted by molar-refractivity contribution is 9.10. The third kappa shape index (κ3) is 4.34. The van der Waals surface area contributed by atoms with Crippen molar-refractivity contribution in [3.63, 3.8) is 0 Å². The Balaban J connectivity index is 1.62. The van der Waals surface area contributed by atoms with Crippen molar-refractivity contribution in [1.29, 1.82) is 0 Å². The minimum atomic E-state index is -3.45. The molecule has 1 fully saturated rings. The van der Waals surface area contributed by atoms with Crippen LogP contribution in [0.3, 0.4) is 0 Å². The highest BCUT2D eigenvalue weighted by atomic mass is 79.9. The average molecular weight is 425 g/mol. The predicted molar refractivity (Wildman–Crippen MR) is 103 cm³/mol. The Bertz CT molecular complexity index is 816. The highest BCUT2D eigenvalue weighted by Gasteiger charge is 2.29. The van der Waals surface area contributed by atoms with Crippen molar-refractivity contribution in [2.24, 2.45) is 0 Å². The molecule has 0 radical (unpaired) electrons. The summed E-state index contributed by atoms with van der Waals surface area (Å²) >= 11 is 3.46. The molecule has 0 aliphatic carbocycles. The molecule has 0 saturated carbocycles. The van der Waals surface area contributed by atoms with Crippen molar-refractivity contribution in [1.82, 2.24) is 4.31 Å². The molecule has 134 valence electrons. The van der Waals surface area contributed by atoms with Crippen LogP contribution in [0.5, 0.6) is 5.75 Å². The summed E-state index contributed by atoms with van der Waals surface area (Å²) < 4.78 is 33.2. The van der Waals surface area contributed by atoms with Gasteiger partial charge in [0.1, 0.15) is 5.75 Å². The van der Waals surface area contributed by atoms with E-state index in [4.69, 9.17) is 4.74 Å². The summed E-state index contributed by atoms with van der Waals surface area (Å²) in [4.78, 5) is 0.312. The zero-order valence-corrected chi connectivity index (χ0v) is 16.4. The molecule has 2 aromatic rings. The second-order valence-electron chi connectivity index (χ2n) is 6.01. The van der Waals surface area contributed by atoms with Gasteiger partial charge in [0.05, 0.1) is 12.0 Å². The number of halogens is 1. The Morgan fingerprint density at radius 3 is 2.40 bits per heavy atom. The monoisotopic (exact) mass is 424 g/mol. The molecule has 7 heteroatoms. The van der Waals surface area contributed by atoms with Crippen LogP contribution in [0.15, 0.2) is 57.9 Å². The number of hydrogen-bond acceptors (Lipinski definition) is 4. The molecule has 2 aromatic carbocycles. The number of anilines is 1. The van der Waals surface area contributed by atoms with Crippen LogP contribution in [0.1, 0.15) is 12.8 Å². The summed E-state index contributed by atoms with van der Waals surface area (Å²) in [5.41, 5.74) is 1.05. The van der Waals surface area contributed by atoms with Crippen LogP contribution in [0.2, 0.25) is 0 Å². The van der Waals surface area contributed by atoms with Crippen molar-refractivity contribution >= 4 is 31.6 Å². The maximum Gasteiger partial charge on any atom is 0.243 e. The first-order chi connectivity index (χ1) is 12.0. The highest BCUT2D eigenvalue weighted by Crippen LogP contribution is 2.25. The minimum Gasteiger partial charge on any atom is -0.497 e. The maximum atomic E-state index is 12.8. The van der Waals surface area contributed by atoms with Gasteiger partial charge in [-0.25, -0.2) is 8.42 Å². The standard InChI is InChI=1S/C18H21BrN2O3S/c1-24-17-5-7-18(8-6-17)25(22,23)21-11-9-15(10-12-21)20-16-4-2-3-14(19)13-16/h2-8,13,15,20H,9-12H2,1H3. The molecule has 0 amide bonds. The SMILES string of the molecule is COc1ccc(S(=O)(=O)N2CCC(Nc3cccc(Br)c3)CC2)cc1. The number of hydrogen-bond donors (Lipinski definition) is 1. The normalized spacial score (nSPS) is 16.6.